The molecule has 1 unspecified atom stereocenters. The van der Waals surface area contributed by atoms with Gasteiger partial charge in [-0.25, -0.2) is 4.79 Å². The van der Waals surface area contributed by atoms with E-state index in [0.717, 1.165) is 50.8 Å². The van der Waals surface area contributed by atoms with Gasteiger partial charge in [-0.15, -0.1) is 0 Å². The Balaban J connectivity index is 1.48. The van der Waals surface area contributed by atoms with E-state index in [2.05, 4.69) is 0 Å². The molecule has 154 valence electrons. The van der Waals surface area contributed by atoms with Crippen LogP contribution >= 0.6 is 0 Å². The van der Waals surface area contributed by atoms with Gasteiger partial charge >= 0.3 is 5.97 Å². The zero-order valence-electron chi connectivity index (χ0n) is 16.9. The van der Waals surface area contributed by atoms with E-state index in [1.807, 2.05) is 24.0 Å². The second-order valence-electron chi connectivity index (χ2n) is 8.33. The van der Waals surface area contributed by atoms with Crippen LogP contribution in [0.25, 0.3) is 0 Å². The molecule has 1 saturated heterocycles. The lowest BCUT2D eigenvalue weighted by molar-refractivity contribution is -0.148. The van der Waals surface area contributed by atoms with Crippen LogP contribution in [-0.2, 0) is 16.0 Å². The van der Waals surface area contributed by atoms with Crippen molar-refractivity contribution in [3.05, 3.63) is 35.4 Å². The molecule has 1 aliphatic heterocycles. The van der Waals surface area contributed by atoms with Crippen LogP contribution in [0.5, 0.6) is 0 Å². The van der Waals surface area contributed by atoms with Crippen molar-refractivity contribution >= 4 is 11.9 Å². The van der Waals surface area contributed by atoms with Crippen molar-refractivity contribution in [3.8, 4) is 0 Å². The maximum atomic E-state index is 12.8. The van der Waals surface area contributed by atoms with Crippen LogP contribution in [0.1, 0.15) is 74.2 Å². The average Bonchev–Trinajstić information content (AvgIpc) is 2.97. The van der Waals surface area contributed by atoms with Crippen LogP contribution in [0.3, 0.4) is 0 Å². The number of carbonyl (C=O) groups excluding carboxylic acids is 1. The number of carbonyl (C=O) groups is 2. The summed E-state index contributed by atoms with van der Waals surface area (Å²) in [6.07, 6.45) is 9.56. The van der Waals surface area contributed by atoms with Crippen LogP contribution in [-0.4, -0.2) is 47.2 Å². The number of amides is 1. The number of aromatic carboxylic acids is 1. The number of hydrogen-bond acceptors (Lipinski definition) is 3. The number of carboxylic acid groups (broad SMARTS) is 1. The minimum absolute atomic E-state index is 0.105. The fraction of sp³-hybridized carbons (Fsp3) is 0.652. The monoisotopic (exact) mass is 387 g/mol. The highest BCUT2D eigenvalue weighted by atomic mass is 16.5. The van der Waals surface area contributed by atoms with Gasteiger partial charge in [0.2, 0.25) is 0 Å². The van der Waals surface area contributed by atoms with Crippen molar-refractivity contribution < 1.29 is 19.4 Å². The molecule has 0 aromatic heterocycles. The Labute approximate surface area is 168 Å². The van der Waals surface area contributed by atoms with Crippen LogP contribution < -0.4 is 0 Å². The summed E-state index contributed by atoms with van der Waals surface area (Å²) in [6, 6.07) is 7.24. The van der Waals surface area contributed by atoms with E-state index in [9.17, 15) is 14.7 Å². The molecule has 1 amide bonds. The van der Waals surface area contributed by atoms with Gasteiger partial charge in [-0.2, -0.15) is 0 Å². The summed E-state index contributed by atoms with van der Waals surface area (Å²) in [4.78, 5) is 26.1. The van der Waals surface area contributed by atoms with E-state index in [-0.39, 0.29) is 18.1 Å². The fourth-order valence-electron chi connectivity index (χ4n) is 4.56. The number of likely N-dealkylation sites (tertiary alicyclic amines) is 1. The second kappa shape index (κ2) is 10.1. The lowest BCUT2D eigenvalue weighted by Crippen LogP contribution is -2.45. The summed E-state index contributed by atoms with van der Waals surface area (Å²) in [7, 11) is 0. The maximum absolute atomic E-state index is 12.8. The van der Waals surface area contributed by atoms with Crippen LogP contribution in [0.2, 0.25) is 0 Å². The average molecular weight is 388 g/mol. The van der Waals surface area contributed by atoms with E-state index in [0.29, 0.717) is 11.5 Å². The maximum Gasteiger partial charge on any atom is 0.335 e. The Hall–Kier alpha value is -1.88. The highest BCUT2D eigenvalue weighted by Crippen LogP contribution is 2.25. The molecule has 0 radical (unpaired) electrons. The normalized spacial score (nSPS) is 20.5. The van der Waals surface area contributed by atoms with Gasteiger partial charge in [-0.05, 0) is 56.6 Å². The highest BCUT2D eigenvalue weighted by Gasteiger charge is 2.28. The third-order valence-corrected chi connectivity index (χ3v) is 6.23. The first kappa shape index (κ1) is 20.8. The SMILES string of the molecule is CC(OC1CCCCCC1)C(=O)N1CCC(Cc2ccccc2C(=O)O)CC1. The first-order valence-electron chi connectivity index (χ1n) is 10.8. The summed E-state index contributed by atoms with van der Waals surface area (Å²) in [6.45, 7) is 3.36. The van der Waals surface area contributed by atoms with Crippen LogP contribution in [0.15, 0.2) is 24.3 Å². The topological polar surface area (TPSA) is 66.8 Å². The first-order valence-corrected chi connectivity index (χ1v) is 10.8. The number of carboxylic acids is 1. The Morgan fingerprint density at radius 2 is 1.71 bits per heavy atom. The highest BCUT2D eigenvalue weighted by molar-refractivity contribution is 5.89. The number of hydrogen-bond donors (Lipinski definition) is 1. The molecule has 3 rings (SSSR count). The van der Waals surface area contributed by atoms with Gasteiger partial charge in [-0.1, -0.05) is 43.9 Å². The molecule has 0 spiro atoms. The lowest BCUT2D eigenvalue weighted by atomic mass is 9.88. The van der Waals surface area contributed by atoms with Gasteiger partial charge in [0, 0.05) is 13.1 Å². The fourth-order valence-corrected chi connectivity index (χ4v) is 4.56. The molecule has 5 nitrogen and oxygen atoms in total. The van der Waals surface area contributed by atoms with Crippen molar-refractivity contribution in [2.24, 2.45) is 5.92 Å². The van der Waals surface area contributed by atoms with E-state index < -0.39 is 5.97 Å². The third kappa shape index (κ3) is 5.57. The molecule has 28 heavy (non-hydrogen) atoms. The van der Waals surface area contributed by atoms with E-state index in [1.165, 1.54) is 25.7 Å². The minimum Gasteiger partial charge on any atom is -0.478 e. The van der Waals surface area contributed by atoms with E-state index in [1.54, 1.807) is 12.1 Å². The zero-order chi connectivity index (χ0) is 19.9. The molecule has 2 aliphatic rings. The molecule has 1 aliphatic carbocycles. The Bertz CT molecular complexity index is 658. The Morgan fingerprint density at radius 1 is 1.07 bits per heavy atom. The van der Waals surface area contributed by atoms with Gasteiger partial charge in [0.1, 0.15) is 6.10 Å². The van der Waals surface area contributed by atoms with E-state index >= 15 is 0 Å². The van der Waals surface area contributed by atoms with Gasteiger partial charge < -0.3 is 14.7 Å². The minimum atomic E-state index is -0.868. The summed E-state index contributed by atoms with van der Waals surface area (Å²) >= 11 is 0. The predicted octanol–water partition coefficient (Wildman–Crippen LogP) is 4.29. The predicted molar refractivity (Wildman–Crippen MR) is 108 cm³/mol. The molecule has 0 bridgehead atoms. The van der Waals surface area contributed by atoms with Crippen molar-refractivity contribution in [1.29, 1.82) is 0 Å². The molecule has 5 heteroatoms. The van der Waals surface area contributed by atoms with Gasteiger partial charge in [0.15, 0.2) is 0 Å². The summed E-state index contributed by atoms with van der Waals surface area (Å²) in [5.41, 5.74) is 1.29. The number of benzene rings is 1. The zero-order valence-corrected chi connectivity index (χ0v) is 16.9. The van der Waals surface area contributed by atoms with Crippen LogP contribution in [0, 0.1) is 5.92 Å². The number of rotatable bonds is 6. The molecule has 1 saturated carbocycles. The van der Waals surface area contributed by atoms with Gasteiger partial charge in [-0.3, -0.25) is 4.79 Å². The molecule has 2 fully saturated rings. The molecular weight excluding hydrogens is 354 g/mol. The summed E-state index contributed by atoms with van der Waals surface area (Å²) in [5, 5.41) is 9.36. The molecular formula is C23H33NO4. The van der Waals surface area contributed by atoms with Crippen molar-refractivity contribution in [3.63, 3.8) is 0 Å². The quantitative estimate of drug-likeness (QED) is 0.739. The molecule has 1 aromatic carbocycles. The van der Waals surface area contributed by atoms with Crippen molar-refractivity contribution in [2.75, 3.05) is 13.1 Å². The number of ether oxygens (including phenoxy) is 1. The Morgan fingerprint density at radius 3 is 2.36 bits per heavy atom. The first-order chi connectivity index (χ1) is 13.5. The Kier molecular flexibility index (Phi) is 7.49. The van der Waals surface area contributed by atoms with Crippen LogP contribution in [0.4, 0.5) is 0 Å². The van der Waals surface area contributed by atoms with Gasteiger partial charge in [0.25, 0.3) is 5.91 Å². The van der Waals surface area contributed by atoms with Crippen molar-refractivity contribution in [2.45, 2.75) is 76.9 Å². The third-order valence-electron chi connectivity index (χ3n) is 6.23. The molecule has 1 heterocycles. The number of nitrogens with zero attached hydrogens (tertiary/aromatic N) is 1. The molecule has 1 atom stereocenters. The lowest BCUT2D eigenvalue weighted by Gasteiger charge is -2.34. The standard InChI is InChI=1S/C23H33NO4/c1-17(28-20-9-4-2-3-5-10-20)22(25)24-14-12-18(13-15-24)16-19-8-6-7-11-21(19)23(26)27/h6-8,11,17-18,20H,2-5,9-10,12-16H2,1H3,(H,26,27). The largest absolute Gasteiger partial charge is 0.478 e. The van der Waals surface area contributed by atoms with Gasteiger partial charge in [0.05, 0.1) is 11.7 Å². The summed E-state index contributed by atoms with van der Waals surface area (Å²) < 4.78 is 6.09. The molecule has 1 aromatic rings. The summed E-state index contributed by atoms with van der Waals surface area (Å²) in [5.74, 6) is -0.344. The molecule has 1 N–H and O–H groups in total. The van der Waals surface area contributed by atoms with Crippen molar-refractivity contribution in [1.82, 2.24) is 4.90 Å². The number of piperidine rings is 1. The second-order valence-corrected chi connectivity index (χ2v) is 8.33. The van der Waals surface area contributed by atoms with E-state index in [4.69, 9.17) is 4.74 Å². The smallest absolute Gasteiger partial charge is 0.335 e.